The highest BCUT2D eigenvalue weighted by molar-refractivity contribution is 7.14. The number of hydrogen-bond acceptors (Lipinski definition) is 8. The molecule has 2 aromatic heterocycles. The molecule has 0 aliphatic carbocycles. The van der Waals surface area contributed by atoms with Gasteiger partial charge in [0.1, 0.15) is 15.6 Å². The summed E-state index contributed by atoms with van der Waals surface area (Å²) in [5.74, 6) is -1.84. The monoisotopic (exact) mass is 368 g/mol. The molecule has 2 rings (SSSR count). The molecular formula is C14H16N4O4S2. The predicted octanol–water partition coefficient (Wildman–Crippen LogP) is 1.84. The van der Waals surface area contributed by atoms with E-state index in [1.165, 1.54) is 13.0 Å². The molecule has 2 aromatic rings. The number of nitrogens with zero attached hydrogens (tertiary/aromatic N) is 1. The maximum absolute atomic E-state index is 12.3. The lowest BCUT2D eigenvalue weighted by molar-refractivity contribution is -0.123. The Morgan fingerprint density at radius 3 is 2.67 bits per heavy atom. The second-order valence-corrected chi connectivity index (χ2v) is 6.48. The number of ether oxygens (including phenoxy) is 1. The molecule has 1 atom stereocenters. The van der Waals surface area contributed by atoms with Crippen LogP contribution in [0.4, 0.5) is 10.0 Å². The molecule has 24 heavy (non-hydrogen) atoms. The topological polar surface area (TPSA) is 123 Å². The third kappa shape index (κ3) is 3.71. The summed E-state index contributed by atoms with van der Waals surface area (Å²) in [5, 5.41) is 7.92. The SMILES string of the molecule is CNc1snc(C)c1C(=O)OC(C)C(=O)Nc1sccc1C(N)=O. The summed E-state index contributed by atoms with van der Waals surface area (Å²) in [6, 6.07) is 1.51. The number of amides is 2. The van der Waals surface area contributed by atoms with Crippen LogP contribution in [0.15, 0.2) is 11.4 Å². The van der Waals surface area contributed by atoms with Crippen molar-refractivity contribution >= 4 is 50.7 Å². The van der Waals surface area contributed by atoms with Gasteiger partial charge in [-0.2, -0.15) is 4.37 Å². The Hall–Kier alpha value is -2.46. The summed E-state index contributed by atoms with van der Waals surface area (Å²) < 4.78 is 9.27. The lowest BCUT2D eigenvalue weighted by atomic mass is 10.2. The second kappa shape index (κ2) is 7.41. The fourth-order valence-electron chi connectivity index (χ4n) is 1.87. The summed E-state index contributed by atoms with van der Waals surface area (Å²) >= 11 is 2.29. The number of carbonyl (C=O) groups excluding carboxylic acids is 3. The molecule has 0 aliphatic rings. The lowest BCUT2D eigenvalue weighted by Gasteiger charge is -2.13. The number of rotatable bonds is 6. The van der Waals surface area contributed by atoms with E-state index in [9.17, 15) is 14.4 Å². The molecule has 128 valence electrons. The van der Waals surface area contributed by atoms with E-state index in [0.29, 0.717) is 21.3 Å². The number of primary amides is 1. The minimum Gasteiger partial charge on any atom is -0.449 e. The molecule has 0 fully saturated rings. The number of aromatic nitrogens is 1. The van der Waals surface area contributed by atoms with Crippen molar-refractivity contribution in [2.45, 2.75) is 20.0 Å². The molecule has 2 amide bonds. The van der Waals surface area contributed by atoms with Crippen molar-refractivity contribution in [2.24, 2.45) is 5.73 Å². The average molecular weight is 368 g/mol. The quantitative estimate of drug-likeness (QED) is 0.669. The van der Waals surface area contributed by atoms with E-state index in [1.807, 2.05) is 0 Å². The standard InChI is InChI=1S/C14H16N4O4S2/c1-6-9(13(16-3)24-18-6)14(21)22-7(2)11(20)17-12-8(10(15)19)4-5-23-12/h4-5,7,16H,1-3H3,(H2,15,19)(H,17,20). The highest BCUT2D eigenvalue weighted by Crippen LogP contribution is 2.26. The number of nitrogens with two attached hydrogens (primary N) is 1. The molecule has 10 heteroatoms. The van der Waals surface area contributed by atoms with E-state index in [1.54, 1.807) is 19.4 Å². The summed E-state index contributed by atoms with van der Waals surface area (Å²) in [6.45, 7) is 3.13. The van der Waals surface area contributed by atoms with Crippen molar-refractivity contribution < 1.29 is 19.1 Å². The van der Waals surface area contributed by atoms with Gasteiger partial charge in [-0.25, -0.2) is 4.79 Å². The number of esters is 1. The first-order chi connectivity index (χ1) is 11.3. The first kappa shape index (κ1) is 17.9. The van der Waals surface area contributed by atoms with Gasteiger partial charge < -0.3 is 21.1 Å². The number of aryl methyl sites for hydroxylation is 1. The zero-order valence-corrected chi connectivity index (χ0v) is 14.8. The molecule has 0 bridgehead atoms. The zero-order valence-electron chi connectivity index (χ0n) is 13.2. The van der Waals surface area contributed by atoms with Crippen molar-refractivity contribution in [1.29, 1.82) is 0 Å². The van der Waals surface area contributed by atoms with Crippen LogP contribution >= 0.6 is 22.9 Å². The number of anilines is 2. The molecule has 4 N–H and O–H groups in total. The number of hydrogen-bond donors (Lipinski definition) is 3. The molecule has 0 aliphatic heterocycles. The highest BCUT2D eigenvalue weighted by Gasteiger charge is 2.25. The first-order valence-electron chi connectivity index (χ1n) is 6.88. The molecule has 8 nitrogen and oxygen atoms in total. The van der Waals surface area contributed by atoms with Gasteiger partial charge in [0.2, 0.25) is 0 Å². The second-order valence-electron chi connectivity index (χ2n) is 4.79. The van der Waals surface area contributed by atoms with Crippen LogP contribution in [0.5, 0.6) is 0 Å². The first-order valence-corrected chi connectivity index (χ1v) is 8.53. The molecule has 1 unspecified atom stereocenters. The number of carbonyl (C=O) groups is 3. The van der Waals surface area contributed by atoms with Gasteiger partial charge in [0.15, 0.2) is 6.10 Å². The third-order valence-corrected chi connectivity index (χ3v) is 4.90. The van der Waals surface area contributed by atoms with Crippen molar-refractivity contribution in [3.8, 4) is 0 Å². The van der Waals surface area contributed by atoms with Crippen molar-refractivity contribution in [3.05, 3.63) is 28.3 Å². The van der Waals surface area contributed by atoms with E-state index < -0.39 is 23.9 Å². The zero-order chi connectivity index (χ0) is 17.9. The Morgan fingerprint density at radius 1 is 1.33 bits per heavy atom. The fraction of sp³-hybridized carbons (Fsp3) is 0.286. The average Bonchev–Trinajstić information content (AvgIpc) is 3.13. The van der Waals surface area contributed by atoms with Crippen molar-refractivity contribution in [1.82, 2.24) is 4.37 Å². The van der Waals surface area contributed by atoms with Crippen LogP contribution in [0.1, 0.15) is 33.3 Å². The molecule has 0 aromatic carbocycles. The Kier molecular flexibility index (Phi) is 5.52. The molecule has 0 spiro atoms. The van der Waals surface area contributed by atoms with Crippen LogP contribution in [0.3, 0.4) is 0 Å². The Labute approximate surface area is 146 Å². The Morgan fingerprint density at radius 2 is 2.04 bits per heavy atom. The maximum atomic E-state index is 12.3. The number of thiophene rings is 1. The van der Waals surface area contributed by atoms with Gasteiger partial charge in [0, 0.05) is 7.05 Å². The van der Waals surface area contributed by atoms with Gasteiger partial charge in [0.25, 0.3) is 11.8 Å². The van der Waals surface area contributed by atoms with E-state index in [-0.39, 0.29) is 5.56 Å². The molecule has 0 saturated heterocycles. The van der Waals surface area contributed by atoms with Crippen LogP contribution in [0.2, 0.25) is 0 Å². The predicted molar refractivity (Wildman–Crippen MR) is 92.7 cm³/mol. The minimum atomic E-state index is -1.05. The maximum Gasteiger partial charge on any atom is 0.343 e. The summed E-state index contributed by atoms with van der Waals surface area (Å²) in [4.78, 5) is 35.7. The molecule has 2 heterocycles. The van der Waals surface area contributed by atoms with E-state index in [4.69, 9.17) is 10.5 Å². The smallest absolute Gasteiger partial charge is 0.343 e. The minimum absolute atomic E-state index is 0.210. The van der Waals surface area contributed by atoms with E-state index in [0.717, 1.165) is 22.9 Å². The Bertz CT molecular complexity index is 784. The fourth-order valence-corrected chi connectivity index (χ4v) is 3.40. The lowest BCUT2D eigenvalue weighted by Crippen LogP contribution is -2.30. The van der Waals surface area contributed by atoms with Crippen molar-refractivity contribution in [3.63, 3.8) is 0 Å². The van der Waals surface area contributed by atoms with Crippen LogP contribution in [0, 0.1) is 6.92 Å². The highest BCUT2D eigenvalue weighted by atomic mass is 32.1. The number of nitrogens with one attached hydrogen (secondary N) is 2. The Balaban J connectivity index is 2.06. The van der Waals surface area contributed by atoms with E-state index >= 15 is 0 Å². The summed E-state index contributed by atoms with van der Waals surface area (Å²) in [5.41, 5.74) is 6.26. The van der Waals surface area contributed by atoms with Gasteiger partial charge in [-0.1, -0.05) is 0 Å². The summed E-state index contributed by atoms with van der Waals surface area (Å²) in [6.07, 6.45) is -1.05. The van der Waals surface area contributed by atoms with Gasteiger partial charge in [-0.05, 0) is 36.8 Å². The van der Waals surface area contributed by atoms with Crippen LogP contribution < -0.4 is 16.4 Å². The largest absolute Gasteiger partial charge is 0.449 e. The van der Waals surface area contributed by atoms with Gasteiger partial charge in [0.05, 0.1) is 11.3 Å². The summed E-state index contributed by atoms with van der Waals surface area (Å²) in [7, 11) is 1.67. The van der Waals surface area contributed by atoms with Crippen LogP contribution in [0.25, 0.3) is 0 Å². The van der Waals surface area contributed by atoms with Gasteiger partial charge in [-0.15, -0.1) is 11.3 Å². The van der Waals surface area contributed by atoms with Crippen molar-refractivity contribution in [2.75, 3.05) is 17.7 Å². The third-order valence-electron chi connectivity index (χ3n) is 3.11. The van der Waals surface area contributed by atoms with Gasteiger partial charge in [-0.3, -0.25) is 9.59 Å². The van der Waals surface area contributed by atoms with E-state index in [2.05, 4.69) is 15.0 Å². The van der Waals surface area contributed by atoms with Gasteiger partial charge >= 0.3 is 5.97 Å². The normalized spacial score (nSPS) is 11.6. The molecular weight excluding hydrogens is 352 g/mol. The molecule has 0 saturated carbocycles. The van der Waals surface area contributed by atoms with Crippen LogP contribution in [-0.4, -0.2) is 35.3 Å². The molecule has 0 radical (unpaired) electrons. The van der Waals surface area contributed by atoms with Crippen LogP contribution in [-0.2, 0) is 9.53 Å².